The summed E-state index contributed by atoms with van der Waals surface area (Å²) in [5.74, 6) is 6.97. The van der Waals surface area contributed by atoms with Gasteiger partial charge in [0.05, 0.1) is 0 Å². The molecule has 10 rings (SSSR count). The lowest BCUT2D eigenvalue weighted by molar-refractivity contribution is -0.0504. The standard InChI is InChI=1S/C57H27F9O12S3/c58-55(59,60)79(67,68)76-52-16-4-10-40-28-37-7-1-13-49(43(37)31-46(40)52)73-22-19-34-25-35(20-23-74-50-14-2-8-38-29-41-11-5-17-53(47(41)32-44(38)50)77-80(69,70)56(61,62)63)27-36(26-34)21-24-75-51-15-3-9-39-30-42-12-6-18-54(48(42)33-45(39)51)78-81(71,72)57(64,65)66/h1-18,25-33H. The normalized spacial score (nSPS) is 12.3. The van der Waals surface area contributed by atoms with Gasteiger partial charge in [-0.15, -0.1) is 0 Å². The highest BCUT2D eigenvalue weighted by atomic mass is 32.2. The second-order valence-corrected chi connectivity index (χ2v) is 21.8. The maximum atomic E-state index is 13.3. The molecule has 12 nitrogen and oxygen atoms in total. The van der Waals surface area contributed by atoms with Crippen molar-refractivity contribution in [3.8, 4) is 70.6 Å². The van der Waals surface area contributed by atoms with E-state index in [0.717, 1.165) is 18.2 Å². The number of fused-ring (bicyclic) bond motifs is 6. The van der Waals surface area contributed by atoms with Crippen molar-refractivity contribution >= 4 is 95.0 Å². The van der Waals surface area contributed by atoms with Crippen molar-refractivity contribution < 1.29 is 91.5 Å². The second kappa shape index (κ2) is 20.6. The van der Waals surface area contributed by atoms with Crippen LogP contribution in [0.3, 0.4) is 0 Å². The minimum absolute atomic E-state index is 0.000211. The minimum atomic E-state index is -6.04. The van der Waals surface area contributed by atoms with Gasteiger partial charge in [0.2, 0.25) is 0 Å². The number of alkyl halides is 9. The highest BCUT2D eigenvalue weighted by molar-refractivity contribution is 7.88. The largest absolute Gasteiger partial charge is 0.534 e. The average molecular weight is 1170 g/mol. The van der Waals surface area contributed by atoms with Crippen molar-refractivity contribution in [2.75, 3.05) is 0 Å². The van der Waals surface area contributed by atoms with E-state index in [1.807, 2.05) is 0 Å². The summed E-state index contributed by atoms with van der Waals surface area (Å²) in [6, 6.07) is 39.4. The fourth-order valence-corrected chi connectivity index (χ4v) is 9.66. The molecule has 0 fully saturated rings. The molecule has 24 heteroatoms. The maximum Gasteiger partial charge on any atom is 0.534 e. The van der Waals surface area contributed by atoms with E-state index < -0.39 is 64.1 Å². The van der Waals surface area contributed by atoms with Gasteiger partial charge in [0.1, 0.15) is 35.6 Å². The number of rotatable bonds is 9. The Hall–Kier alpha value is -9.54. The second-order valence-electron chi connectivity index (χ2n) is 17.2. The van der Waals surface area contributed by atoms with E-state index in [9.17, 15) is 64.8 Å². The number of halogens is 9. The van der Waals surface area contributed by atoms with Crippen LogP contribution in [-0.4, -0.2) is 41.8 Å². The van der Waals surface area contributed by atoms with Crippen LogP contribution in [-0.2, 0) is 30.4 Å². The molecule has 0 aliphatic heterocycles. The van der Waals surface area contributed by atoms with E-state index >= 15 is 0 Å². The summed E-state index contributed by atoms with van der Waals surface area (Å²) in [5, 5.41) is 3.49. The van der Waals surface area contributed by atoms with Crippen LogP contribution < -0.4 is 26.8 Å². The SMILES string of the molecule is O=S(=O)(Oc1cccc2cc3cccc(OC#Cc4cc(C#COc5cccc6cc7cccc(OS(=O)(=O)C(F)(F)F)c7cc56)cc(C#COc5cccc6cc7cccc(OS(=O)(=O)C(F)(F)F)c7cc56)c4)c3cc12)C(F)(F)F. The van der Waals surface area contributed by atoms with Crippen LogP contribution in [0.5, 0.6) is 34.5 Å². The van der Waals surface area contributed by atoms with Crippen LogP contribution in [0.15, 0.2) is 164 Å². The van der Waals surface area contributed by atoms with Gasteiger partial charge in [0, 0.05) is 49.0 Å². The Labute approximate surface area is 452 Å². The third kappa shape index (κ3) is 11.4. The van der Waals surface area contributed by atoms with Crippen LogP contribution in [0.4, 0.5) is 39.5 Å². The maximum absolute atomic E-state index is 13.3. The predicted molar refractivity (Wildman–Crippen MR) is 280 cm³/mol. The van der Waals surface area contributed by atoms with Gasteiger partial charge in [-0.1, -0.05) is 72.8 Å². The zero-order valence-electron chi connectivity index (χ0n) is 40.1. The molecule has 408 valence electrons. The Kier molecular flexibility index (Phi) is 13.9. The third-order valence-corrected chi connectivity index (χ3v) is 14.7. The number of ether oxygens (including phenoxy) is 3. The van der Waals surface area contributed by atoms with Gasteiger partial charge in [-0.05, 0) is 141 Å². The predicted octanol–water partition coefficient (Wildman–Crippen LogP) is 13.5. The monoisotopic (exact) mass is 1170 g/mol. The van der Waals surface area contributed by atoms with E-state index in [2.05, 4.69) is 48.6 Å². The van der Waals surface area contributed by atoms with Crippen LogP contribution >= 0.6 is 0 Å². The Morgan fingerprint density at radius 3 is 0.716 bits per heavy atom. The van der Waals surface area contributed by atoms with Gasteiger partial charge >= 0.3 is 46.9 Å². The summed E-state index contributed by atoms with van der Waals surface area (Å²) < 4.78 is 223. The summed E-state index contributed by atoms with van der Waals surface area (Å²) in [6.07, 6.45) is 7.70. The molecule has 0 unspecified atom stereocenters. The lowest BCUT2D eigenvalue weighted by Gasteiger charge is -2.12. The Balaban J connectivity index is 1.01. The summed E-state index contributed by atoms with van der Waals surface area (Å²) in [4.78, 5) is 0. The first kappa shape index (κ1) is 54.8. The fraction of sp³-hybridized carbons (Fsp3) is 0.0526. The Bertz CT molecular complexity index is 4320. The molecule has 0 heterocycles. The molecule has 0 saturated carbocycles. The summed E-state index contributed by atoms with van der Waals surface area (Å²) in [7, 11) is -18.1. The van der Waals surface area contributed by atoms with Crippen molar-refractivity contribution in [1.82, 2.24) is 0 Å². The molecular formula is C57H27F9O12S3. The van der Waals surface area contributed by atoms with Crippen LogP contribution in [0.1, 0.15) is 16.7 Å². The van der Waals surface area contributed by atoms with Gasteiger partial charge in [-0.2, -0.15) is 64.8 Å². The molecule has 81 heavy (non-hydrogen) atoms. The quantitative estimate of drug-likeness (QED) is 0.0443. The number of hydrogen-bond acceptors (Lipinski definition) is 12. The molecule has 0 bridgehead atoms. The molecule has 0 atom stereocenters. The van der Waals surface area contributed by atoms with E-state index in [-0.39, 0.29) is 50.1 Å². The molecule has 10 aromatic carbocycles. The minimum Gasteiger partial charge on any atom is -0.407 e. The molecule has 0 radical (unpaired) electrons. The zero-order valence-corrected chi connectivity index (χ0v) is 42.6. The average Bonchev–Trinajstić information content (AvgIpc) is 3.46. The van der Waals surface area contributed by atoms with E-state index in [1.165, 1.54) is 91.0 Å². The molecule has 0 aliphatic carbocycles. The molecule has 0 spiro atoms. The highest BCUT2D eigenvalue weighted by Crippen LogP contribution is 2.40. The number of benzene rings is 10. The first-order chi connectivity index (χ1) is 38.2. The molecule has 0 amide bonds. The first-order valence-electron chi connectivity index (χ1n) is 22.8. The van der Waals surface area contributed by atoms with Crippen molar-refractivity contribution in [2.24, 2.45) is 0 Å². The van der Waals surface area contributed by atoms with Crippen LogP contribution in [0.2, 0.25) is 0 Å². The van der Waals surface area contributed by atoms with E-state index in [4.69, 9.17) is 14.2 Å². The molecular weight excluding hydrogens is 1140 g/mol. The summed E-state index contributed by atoms with van der Waals surface area (Å²) in [6.45, 7) is 0. The van der Waals surface area contributed by atoms with Crippen LogP contribution in [0, 0.1) is 36.1 Å². The first-order valence-corrected chi connectivity index (χ1v) is 27.0. The summed E-state index contributed by atoms with van der Waals surface area (Å²) >= 11 is 0. The van der Waals surface area contributed by atoms with E-state index in [0.29, 0.717) is 48.5 Å². The van der Waals surface area contributed by atoms with Crippen molar-refractivity contribution in [2.45, 2.75) is 16.5 Å². The van der Waals surface area contributed by atoms with Gasteiger partial charge in [-0.25, -0.2) is 0 Å². The van der Waals surface area contributed by atoms with E-state index in [1.54, 1.807) is 54.6 Å². The van der Waals surface area contributed by atoms with Gasteiger partial charge < -0.3 is 26.8 Å². The lowest BCUT2D eigenvalue weighted by Crippen LogP contribution is -2.28. The number of hydrogen-bond donors (Lipinski definition) is 0. The van der Waals surface area contributed by atoms with Gasteiger partial charge in [0.25, 0.3) is 0 Å². The third-order valence-electron chi connectivity index (χ3n) is 11.8. The smallest absolute Gasteiger partial charge is 0.407 e. The van der Waals surface area contributed by atoms with Crippen molar-refractivity contribution in [1.29, 1.82) is 0 Å². The summed E-state index contributed by atoms with van der Waals surface area (Å²) in [5.41, 5.74) is -16.5. The molecule has 0 aliphatic rings. The molecule has 10 aromatic rings. The zero-order chi connectivity index (χ0) is 57.7. The molecule has 0 N–H and O–H groups in total. The highest BCUT2D eigenvalue weighted by Gasteiger charge is 2.50. The lowest BCUT2D eigenvalue weighted by atomic mass is 10.0. The van der Waals surface area contributed by atoms with Crippen molar-refractivity contribution in [3.05, 3.63) is 180 Å². The molecule has 0 aromatic heterocycles. The molecule has 0 saturated heterocycles. The van der Waals surface area contributed by atoms with Crippen LogP contribution in [0.25, 0.3) is 64.6 Å². The fourth-order valence-electron chi connectivity index (χ4n) is 8.23. The van der Waals surface area contributed by atoms with Gasteiger partial charge in [-0.3, -0.25) is 0 Å². The topological polar surface area (TPSA) is 158 Å². The van der Waals surface area contributed by atoms with Gasteiger partial charge in [0.15, 0.2) is 17.2 Å². The van der Waals surface area contributed by atoms with Crippen molar-refractivity contribution in [3.63, 3.8) is 0 Å². The Morgan fingerprint density at radius 1 is 0.284 bits per heavy atom. The Morgan fingerprint density at radius 2 is 0.494 bits per heavy atom.